The first-order valence-corrected chi connectivity index (χ1v) is 8.00. The van der Waals surface area contributed by atoms with Gasteiger partial charge in [0.2, 0.25) is 0 Å². The van der Waals surface area contributed by atoms with E-state index in [1.54, 1.807) is 31.2 Å². The molecule has 25 heavy (non-hydrogen) atoms. The third kappa shape index (κ3) is 4.93. The molecule has 2 aromatic rings. The van der Waals surface area contributed by atoms with E-state index in [2.05, 4.69) is 5.32 Å². The Morgan fingerprint density at radius 2 is 1.88 bits per heavy atom. The lowest BCUT2D eigenvalue weighted by molar-refractivity contribution is -0.129. The lowest BCUT2D eigenvalue weighted by Crippen LogP contribution is -2.35. The Kier molecular flexibility index (Phi) is 5.98. The van der Waals surface area contributed by atoms with Gasteiger partial charge in [0.15, 0.2) is 6.10 Å². The lowest BCUT2D eigenvalue weighted by atomic mass is 10.1. The Labute approximate surface area is 149 Å². The molecule has 1 aromatic heterocycles. The van der Waals surface area contributed by atoms with Crippen LogP contribution in [0.3, 0.4) is 0 Å². The molecule has 1 unspecified atom stereocenters. The van der Waals surface area contributed by atoms with Crippen LogP contribution in [0, 0.1) is 13.8 Å². The smallest absolute Gasteiger partial charge is 0.342 e. The molecule has 0 aliphatic carbocycles. The van der Waals surface area contributed by atoms with Crippen LogP contribution in [-0.2, 0) is 16.1 Å². The van der Waals surface area contributed by atoms with E-state index in [4.69, 9.17) is 20.8 Å². The average molecular weight is 364 g/mol. The van der Waals surface area contributed by atoms with Crippen molar-refractivity contribution >= 4 is 23.5 Å². The minimum atomic E-state index is -0.995. The fourth-order valence-corrected chi connectivity index (χ4v) is 2.40. The van der Waals surface area contributed by atoms with E-state index in [1.807, 2.05) is 0 Å². The molecule has 0 spiro atoms. The Morgan fingerprint density at radius 1 is 1.24 bits per heavy atom. The van der Waals surface area contributed by atoms with Crippen molar-refractivity contribution < 1.29 is 18.7 Å². The van der Waals surface area contributed by atoms with E-state index in [9.17, 15) is 14.4 Å². The van der Waals surface area contributed by atoms with Crippen LogP contribution in [0.5, 0.6) is 0 Å². The molecular weight excluding hydrogens is 346 g/mol. The van der Waals surface area contributed by atoms with E-state index in [1.165, 1.54) is 19.9 Å². The van der Waals surface area contributed by atoms with Crippen molar-refractivity contribution in [2.75, 3.05) is 0 Å². The first-order chi connectivity index (χ1) is 11.8. The number of hydrogen-bond acceptors (Lipinski definition) is 5. The maximum atomic E-state index is 12.2. The molecule has 0 radical (unpaired) electrons. The molecule has 6 nitrogen and oxygen atoms in total. The number of carbonyl (C=O) groups excluding carboxylic acids is 2. The molecule has 0 bridgehead atoms. The summed E-state index contributed by atoms with van der Waals surface area (Å²) in [6.07, 6.45) is -0.995. The van der Waals surface area contributed by atoms with Crippen LogP contribution < -0.4 is 10.9 Å². The second-order valence-corrected chi connectivity index (χ2v) is 6.01. The highest BCUT2D eigenvalue weighted by Gasteiger charge is 2.22. The number of benzene rings is 1. The summed E-state index contributed by atoms with van der Waals surface area (Å²) in [7, 11) is 0. The van der Waals surface area contributed by atoms with Crippen LogP contribution in [0.25, 0.3) is 0 Å². The van der Waals surface area contributed by atoms with E-state index in [-0.39, 0.29) is 17.9 Å². The number of rotatable bonds is 5. The highest BCUT2D eigenvalue weighted by molar-refractivity contribution is 6.30. The zero-order valence-electron chi connectivity index (χ0n) is 14.1. The first kappa shape index (κ1) is 18.7. The number of nitrogens with one attached hydrogen (secondary N) is 1. The summed E-state index contributed by atoms with van der Waals surface area (Å²) in [5.41, 5.74) is 0.914. The van der Waals surface area contributed by atoms with Crippen molar-refractivity contribution in [3.05, 3.63) is 68.2 Å². The van der Waals surface area contributed by atoms with Crippen molar-refractivity contribution in [2.24, 2.45) is 0 Å². The molecule has 132 valence electrons. The van der Waals surface area contributed by atoms with Crippen molar-refractivity contribution in [3.63, 3.8) is 0 Å². The number of carbonyl (C=O) groups is 2. The van der Waals surface area contributed by atoms with Crippen LogP contribution >= 0.6 is 11.6 Å². The molecule has 1 atom stereocenters. The Morgan fingerprint density at radius 3 is 2.48 bits per heavy atom. The lowest BCUT2D eigenvalue weighted by Gasteiger charge is -2.15. The van der Waals surface area contributed by atoms with Gasteiger partial charge in [-0.05, 0) is 44.0 Å². The molecular formula is C18H18ClNO5. The molecule has 0 saturated heterocycles. The number of esters is 1. The van der Waals surface area contributed by atoms with Gasteiger partial charge in [-0.3, -0.25) is 4.79 Å². The van der Waals surface area contributed by atoms with Crippen LogP contribution in [0.1, 0.15) is 34.2 Å². The molecule has 7 heteroatoms. The predicted molar refractivity (Wildman–Crippen MR) is 92.6 cm³/mol. The minimum absolute atomic E-state index is 0.150. The fraction of sp³-hybridized carbons (Fsp3) is 0.278. The van der Waals surface area contributed by atoms with Gasteiger partial charge in [0.25, 0.3) is 5.91 Å². The molecule has 1 aromatic carbocycles. The Hall–Kier alpha value is -2.60. The third-order valence-electron chi connectivity index (χ3n) is 3.57. The summed E-state index contributed by atoms with van der Waals surface area (Å²) < 4.78 is 10.1. The van der Waals surface area contributed by atoms with Gasteiger partial charge < -0.3 is 14.5 Å². The van der Waals surface area contributed by atoms with Gasteiger partial charge in [0, 0.05) is 17.6 Å². The normalized spacial score (nSPS) is 11.7. The predicted octanol–water partition coefficient (Wildman–Crippen LogP) is 2.77. The summed E-state index contributed by atoms with van der Waals surface area (Å²) >= 11 is 5.80. The fourth-order valence-electron chi connectivity index (χ4n) is 2.27. The number of halogens is 1. The van der Waals surface area contributed by atoms with Crippen LogP contribution in [-0.4, -0.2) is 18.0 Å². The van der Waals surface area contributed by atoms with Crippen molar-refractivity contribution in [2.45, 2.75) is 33.4 Å². The van der Waals surface area contributed by atoms with Gasteiger partial charge in [-0.2, -0.15) is 0 Å². The highest BCUT2D eigenvalue weighted by Crippen LogP contribution is 2.14. The second kappa shape index (κ2) is 7.98. The topological polar surface area (TPSA) is 85.6 Å². The summed E-state index contributed by atoms with van der Waals surface area (Å²) in [6.45, 7) is 4.86. The first-order valence-electron chi connectivity index (χ1n) is 7.62. The van der Waals surface area contributed by atoms with Crippen LogP contribution in [0.15, 0.2) is 39.5 Å². The zero-order valence-corrected chi connectivity index (χ0v) is 14.8. The number of ether oxygens (including phenoxy) is 1. The van der Waals surface area contributed by atoms with Gasteiger partial charge in [0.1, 0.15) is 11.3 Å². The van der Waals surface area contributed by atoms with Gasteiger partial charge in [-0.1, -0.05) is 23.7 Å². The quantitative estimate of drug-likeness (QED) is 0.825. The zero-order chi connectivity index (χ0) is 18.6. The molecule has 0 fully saturated rings. The molecule has 1 amide bonds. The second-order valence-electron chi connectivity index (χ2n) is 5.57. The maximum Gasteiger partial charge on any atom is 0.342 e. The van der Waals surface area contributed by atoms with E-state index in [0.717, 1.165) is 5.56 Å². The van der Waals surface area contributed by atoms with Gasteiger partial charge in [-0.15, -0.1) is 0 Å². The van der Waals surface area contributed by atoms with Gasteiger partial charge in [0.05, 0.1) is 0 Å². The molecule has 1 N–H and O–H groups in total. The van der Waals surface area contributed by atoms with Gasteiger partial charge in [-0.25, -0.2) is 9.59 Å². The van der Waals surface area contributed by atoms with Crippen LogP contribution in [0.4, 0.5) is 0 Å². The minimum Gasteiger partial charge on any atom is -0.449 e. The van der Waals surface area contributed by atoms with Crippen molar-refractivity contribution in [1.29, 1.82) is 0 Å². The number of aryl methyl sites for hydroxylation is 2. The Balaban J connectivity index is 1.97. The Bertz CT molecular complexity index is 815. The standard InChI is InChI=1S/C18H18ClNO5/c1-10-8-15(21)24-11(2)16(10)18(23)25-12(3)17(22)20-9-13-4-6-14(19)7-5-13/h4-8,12H,9H2,1-3H3,(H,20,22). The average Bonchev–Trinajstić information content (AvgIpc) is 2.52. The summed E-state index contributed by atoms with van der Waals surface area (Å²) in [5.74, 6) is -0.993. The SMILES string of the molecule is Cc1cc(=O)oc(C)c1C(=O)OC(C)C(=O)NCc1ccc(Cl)cc1. The monoisotopic (exact) mass is 363 g/mol. The maximum absolute atomic E-state index is 12.2. The number of hydrogen-bond donors (Lipinski definition) is 1. The number of amides is 1. The molecule has 1 heterocycles. The van der Waals surface area contributed by atoms with Crippen molar-refractivity contribution in [1.82, 2.24) is 5.32 Å². The van der Waals surface area contributed by atoms with E-state index < -0.39 is 23.6 Å². The molecule has 0 aliphatic heterocycles. The summed E-state index contributed by atoms with van der Waals surface area (Å²) in [5, 5.41) is 3.29. The van der Waals surface area contributed by atoms with Gasteiger partial charge >= 0.3 is 11.6 Å². The van der Waals surface area contributed by atoms with Crippen molar-refractivity contribution in [3.8, 4) is 0 Å². The molecule has 0 saturated carbocycles. The van der Waals surface area contributed by atoms with Crippen LogP contribution in [0.2, 0.25) is 5.02 Å². The molecule has 2 rings (SSSR count). The summed E-state index contributed by atoms with van der Waals surface area (Å²) in [6, 6.07) is 8.23. The molecule has 0 aliphatic rings. The summed E-state index contributed by atoms with van der Waals surface area (Å²) in [4.78, 5) is 35.6. The van der Waals surface area contributed by atoms with E-state index in [0.29, 0.717) is 10.6 Å². The van der Waals surface area contributed by atoms with E-state index >= 15 is 0 Å². The highest BCUT2D eigenvalue weighted by atomic mass is 35.5. The largest absolute Gasteiger partial charge is 0.449 e. The third-order valence-corrected chi connectivity index (χ3v) is 3.82.